The maximum absolute atomic E-state index is 12.0. The average molecular weight is 291 g/mol. The summed E-state index contributed by atoms with van der Waals surface area (Å²) in [5.41, 5.74) is 7.46. The molecule has 0 saturated carbocycles. The summed E-state index contributed by atoms with van der Waals surface area (Å²) in [5, 5.41) is 0. The fraction of sp³-hybridized carbons (Fsp3) is 0.467. The first-order valence-corrected chi connectivity index (χ1v) is 6.96. The Hall–Kier alpha value is -2.08. The molecule has 1 saturated heterocycles. The number of hydrogen-bond donors (Lipinski definition) is 1. The maximum atomic E-state index is 12.0. The van der Waals surface area contributed by atoms with E-state index in [4.69, 9.17) is 10.5 Å². The first kappa shape index (κ1) is 15.3. The van der Waals surface area contributed by atoms with Gasteiger partial charge in [-0.3, -0.25) is 4.79 Å². The highest BCUT2D eigenvalue weighted by Crippen LogP contribution is 2.12. The minimum Gasteiger partial charge on any atom is -0.452 e. The smallest absolute Gasteiger partial charge is 0.338 e. The summed E-state index contributed by atoms with van der Waals surface area (Å²) in [6, 6.07) is 5.01. The van der Waals surface area contributed by atoms with Gasteiger partial charge in [-0.2, -0.15) is 0 Å². The SMILES string of the molecule is Cc1cc(N)cc(C(=O)OCC(=O)N2CCN(C)CC2)c1. The Bertz CT molecular complexity index is 517. The van der Waals surface area contributed by atoms with Crippen molar-refractivity contribution in [1.29, 1.82) is 0 Å². The van der Waals surface area contributed by atoms with E-state index in [1.165, 1.54) is 0 Å². The zero-order valence-corrected chi connectivity index (χ0v) is 12.5. The highest BCUT2D eigenvalue weighted by molar-refractivity contribution is 5.92. The molecular formula is C15H21N3O3. The lowest BCUT2D eigenvalue weighted by atomic mass is 10.1. The number of carbonyl (C=O) groups excluding carboxylic acids is 2. The number of likely N-dealkylation sites (N-methyl/N-ethyl adjacent to an activating group) is 1. The number of piperazine rings is 1. The number of nitrogens with two attached hydrogens (primary N) is 1. The lowest BCUT2D eigenvalue weighted by molar-refractivity contribution is -0.136. The van der Waals surface area contributed by atoms with Crippen molar-refractivity contribution < 1.29 is 14.3 Å². The topological polar surface area (TPSA) is 75.9 Å². The van der Waals surface area contributed by atoms with Gasteiger partial charge in [0.1, 0.15) is 0 Å². The van der Waals surface area contributed by atoms with Crippen molar-refractivity contribution in [1.82, 2.24) is 9.80 Å². The van der Waals surface area contributed by atoms with Crippen LogP contribution in [0.5, 0.6) is 0 Å². The molecule has 0 atom stereocenters. The molecule has 1 aromatic rings. The van der Waals surface area contributed by atoms with Crippen molar-refractivity contribution in [3.05, 3.63) is 29.3 Å². The number of nitrogens with zero attached hydrogens (tertiary/aromatic N) is 2. The van der Waals surface area contributed by atoms with Crippen LogP contribution < -0.4 is 5.73 Å². The van der Waals surface area contributed by atoms with Gasteiger partial charge in [-0.1, -0.05) is 0 Å². The van der Waals surface area contributed by atoms with Crippen LogP contribution in [0.3, 0.4) is 0 Å². The number of benzene rings is 1. The van der Waals surface area contributed by atoms with Gasteiger partial charge < -0.3 is 20.3 Å². The molecule has 0 aromatic heterocycles. The van der Waals surface area contributed by atoms with Gasteiger partial charge in [-0.25, -0.2) is 4.79 Å². The first-order valence-electron chi connectivity index (χ1n) is 6.96. The van der Waals surface area contributed by atoms with Gasteiger partial charge in [0.2, 0.25) is 0 Å². The van der Waals surface area contributed by atoms with Gasteiger partial charge in [0.25, 0.3) is 5.91 Å². The Morgan fingerprint density at radius 1 is 1.19 bits per heavy atom. The lowest BCUT2D eigenvalue weighted by Crippen LogP contribution is -2.48. The number of rotatable bonds is 3. The van der Waals surface area contributed by atoms with E-state index in [9.17, 15) is 9.59 Å². The van der Waals surface area contributed by atoms with Crippen molar-refractivity contribution in [2.75, 3.05) is 45.6 Å². The molecule has 1 aromatic carbocycles. The second-order valence-corrected chi connectivity index (χ2v) is 5.39. The molecule has 0 bridgehead atoms. The summed E-state index contributed by atoms with van der Waals surface area (Å²) in [7, 11) is 2.02. The third kappa shape index (κ3) is 4.19. The molecule has 1 fully saturated rings. The summed E-state index contributed by atoms with van der Waals surface area (Å²) >= 11 is 0. The van der Waals surface area contributed by atoms with Gasteiger partial charge in [-0.05, 0) is 37.7 Å². The van der Waals surface area contributed by atoms with E-state index in [2.05, 4.69) is 4.90 Å². The quantitative estimate of drug-likeness (QED) is 0.648. The number of ether oxygens (including phenoxy) is 1. The van der Waals surface area contributed by atoms with E-state index < -0.39 is 5.97 Å². The summed E-state index contributed by atoms with van der Waals surface area (Å²) in [6.45, 7) is 4.65. The normalized spacial score (nSPS) is 15.8. The molecule has 0 unspecified atom stereocenters. The molecular weight excluding hydrogens is 270 g/mol. The van der Waals surface area contributed by atoms with E-state index in [1.807, 2.05) is 14.0 Å². The Balaban J connectivity index is 1.87. The van der Waals surface area contributed by atoms with E-state index in [1.54, 1.807) is 23.1 Å². The lowest BCUT2D eigenvalue weighted by Gasteiger charge is -2.32. The number of anilines is 1. The van der Waals surface area contributed by atoms with E-state index in [0.717, 1.165) is 18.7 Å². The van der Waals surface area contributed by atoms with Gasteiger partial charge >= 0.3 is 5.97 Å². The molecule has 0 radical (unpaired) electrons. The molecule has 1 heterocycles. The van der Waals surface area contributed by atoms with Gasteiger partial charge in [0.05, 0.1) is 5.56 Å². The van der Waals surface area contributed by atoms with Crippen LogP contribution in [0.2, 0.25) is 0 Å². The molecule has 6 nitrogen and oxygen atoms in total. The monoisotopic (exact) mass is 291 g/mol. The fourth-order valence-corrected chi connectivity index (χ4v) is 2.29. The maximum Gasteiger partial charge on any atom is 0.338 e. The zero-order chi connectivity index (χ0) is 15.4. The van der Waals surface area contributed by atoms with Crippen LogP contribution in [-0.2, 0) is 9.53 Å². The molecule has 1 amide bonds. The van der Waals surface area contributed by atoms with Crippen LogP contribution >= 0.6 is 0 Å². The number of amides is 1. The molecule has 1 aliphatic heterocycles. The minimum absolute atomic E-state index is 0.155. The van der Waals surface area contributed by atoms with E-state index in [0.29, 0.717) is 24.3 Å². The summed E-state index contributed by atoms with van der Waals surface area (Å²) in [5.74, 6) is -0.676. The van der Waals surface area contributed by atoms with Crippen LogP contribution in [0.1, 0.15) is 15.9 Å². The molecule has 0 aliphatic carbocycles. The number of nitrogen functional groups attached to an aromatic ring is 1. The molecule has 2 N–H and O–H groups in total. The predicted molar refractivity (Wildman–Crippen MR) is 80.0 cm³/mol. The van der Waals surface area contributed by atoms with Crippen LogP contribution in [-0.4, -0.2) is 61.5 Å². The summed E-state index contributed by atoms with van der Waals surface area (Å²) in [6.07, 6.45) is 0. The number of carbonyl (C=O) groups is 2. The van der Waals surface area contributed by atoms with Crippen LogP contribution in [0, 0.1) is 6.92 Å². The highest BCUT2D eigenvalue weighted by atomic mass is 16.5. The molecule has 6 heteroatoms. The second kappa shape index (κ2) is 6.58. The van der Waals surface area contributed by atoms with Gasteiger partial charge in [0.15, 0.2) is 6.61 Å². The standard InChI is InChI=1S/C15H21N3O3/c1-11-7-12(9-13(16)8-11)15(20)21-10-14(19)18-5-3-17(2)4-6-18/h7-9H,3-6,10,16H2,1-2H3. The Morgan fingerprint density at radius 2 is 1.86 bits per heavy atom. The molecule has 1 aliphatic rings. The van der Waals surface area contributed by atoms with Crippen LogP contribution in [0.4, 0.5) is 5.69 Å². The molecule has 114 valence electrons. The Labute approximate surface area is 124 Å². The molecule has 0 spiro atoms. The number of aryl methyl sites for hydroxylation is 1. The van der Waals surface area contributed by atoms with Crippen LogP contribution in [0.15, 0.2) is 18.2 Å². The minimum atomic E-state index is -0.520. The number of hydrogen-bond acceptors (Lipinski definition) is 5. The van der Waals surface area contributed by atoms with Crippen molar-refractivity contribution in [3.8, 4) is 0 Å². The summed E-state index contributed by atoms with van der Waals surface area (Å²) < 4.78 is 5.08. The third-order valence-corrected chi connectivity index (χ3v) is 3.52. The first-order chi connectivity index (χ1) is 9.95. The van der Waals surface area contributed by atoms with Crippen LogP contribution in [0.25, 0.3) is 0 Å². The Kier molecular flexibility index (Phi) is 4.80. The van der Waals surface area contributed by atoms with Gasteiger partial charge in [-0.15, -0.1) is 0 Å². The van der Waals surface area contributed by atoms with Gasteiger partial charge in [0, 0.05) is 31.9 Å². The largest absolute Gasteiger partial charge is 0.452 e. The van der Waals surface area contributed by atoms with Crippen molar-refractivity contribution in [2.24, 2.45) is 0 Å². The highest BCUT2D eigenvalue weighted by Gasteiger charge is 2.20. The van der Waals surface area contributed by atoms with Crippen molar-refractivity contribution >= 4 is 17.6 Å². The van der Waals surface area contributed by atoms with Crippen molar-refractivity contribution in [3.63, 3.8) is 0 Å². The predicted octanol–water partition coefficient (Wildman–Crippen LogP) is 0.508. The average Bonchev–Trinajstić information content (AvgIpc) is 2.44. The zero-order valence-electron chi connectivity index (χ0n) is 12.5. The fourth-order valence-electron chi connectivity index (χ4n) is 2.29. The molecule has 2 rings (SSSR count). The summed E-state index contributed by atoms with van der Waals surface area (Å²) in [4.78, 5) is 27.8. The third-order valence-electron chi connectivity index (χ3n) is 3.52. The number of esters is 1. The Morgan fingerprint density at radius 3 is 2.48 bits per heavy atom. The van der Waals surface area contributed by atoms with E-state index in [-0.39, 0.29) is 12.5 Å². The van der Waals surface area contributed by atoms with Crippen molar-refractivity contribution in [2.45, 2.75) is 6.92 Å². The van der Waals surface area contributed by atoms with E-state index >= 15 is 0 Å². The second-order valence-electron chi connectivity index (χ2n) is 5.39. The molecule has 21 heavy (non-hydrogen) atoms.